The van der Waals surface area contributed by atoms with E-state index in [2.05, 4.69) is 0 Å². The zero-order valence-electron chi connectivity index (χ0n) is 9.06. The van der Waals surface area contributed by atoms with Gasteiger partial charge in [-0.1, -0.05) is 29.8 Å². The number of carboxylic acids is 1. The van der Waals surface area contributed by atoms with Crippen LogP contribution in [-0.4, -0.2) is 24.3 Å². The predicted octanol–water partition coefficient (Wildman–Crippen LogP) is 2.03. The van der Waals surface area contributed by atoms with Gasteiger partial charge in [0.05, 0.1) is 12.5 Å². The maximum Gasteiger partial charge on any atom is 0.305 e. The van der Waals surface area contributed by atoms with Crippen LogP contribution in [0.1, 0.15) is 17.5 Å². The van der Waals surface area contributed by atoms with Crippen molar-refractivity contribution < 1.29 is 14.6 Å². The molecule has 0 aromatic heterocycles. The summed E-state index contributed by atoms with van der Waals surface area (Å²) in [5, 5.41) is 8.66. The Labute approximate surface area is 89.7 Å². The Bertz CT molecular complexity index is 316. The molecule has 1 aromatic rings. The lowest BCUT2D eigenvalue weighted by atomic mass is 10.0. The Morgan fingerprint density at radius 1 is 1.40 bits per heavy atom. The first kappa shape index (κ1) is 11.7. The number of methoxy groups -OCH3 is 1. The summed E-state index contributed by atoms with van der Waals surface area (Å²) in [5.41, 5.74) is 2.31. The van der Waals surface area contributed by atoms with Gasteiger partial charge in [-0.05, 0) is 18.9 Å². The fourth-order valence-corrected chi connectivity index (χ4v) is 1.42. The molecule has 1 atom stereocenters. The van der Waals surface area contributed by atoms with E-state index >= 15 is 0 Å². The summed E-state index contributed by atoms with van der Waals surface area (Å²) in [6, 6.07) is 8.04. The first-order valence-corrected chi connectivity index (χ1v) is 4.92. The molecule has 3 heteroatoms. The quantitative estimate of drug-likeness (QED) is 0.805. The zero-order chi connectivity index (χ0) is 11.3. The number of hydrogen-bond donors (Lipinski definition) is 1. The lowest BCUT2D eigenvalue weighted by Gasteiger charge is -2.12. The van der Waals surface area contributed by atoms with E-state index in [0.29, 0.717) is 6.42 Å². The Morgan fingerprint density at radius 3 is 2.47 bits per heavy atom. The molecule has 0 saturated heterocycles. The van der Waals surface area contributed by atoms with E-state index in [9.17, 15) is 4.79 Å². The van der Waals surface area contributed by atoms with Gasteiger partial charge < -0.3 is 9.84 Å². The lowest BCUT2D eigenvalue weighted by molar-refractivity contribution is -0.139. The topological polar surface area (TPSA) is 46.5 Å². The van der Waals surface area contributed by atoms with Gasteiger partial charge in [0.25, 0.3) is 0 Å². The van der Waals surface area contributed by atoms with Crippen LogP contribution in [0.15, 0.2) is 24.3 Å². The van der Waals surface area contributed by atoms with E-state index in [4.69, 9.17) is 9.84 Å². The molecule has 1 N–H and O–H groups in total. The molecule has 0 fully saturated rings. The molecule has 82 valence electrons. The number of ether oxygens (including phenoxy) is 1. The van der Waals surface area contributed by atoms with Crippen LogP contribution in [0.2, 0.25) is 0 Å². The third-order valence-electron chi connectivity index (χ3n) is 2.32. The normalized spacial score (nSPS) is 12.4. The molecular weight excluding hydrogens is 192 g/mol. The molecule has 0 amide bonds. The lowest BCUT2D eigenvalue weighted by Crippen LogP contribution is -2.18. The molecule has 0 aliphatic carbocycles. The van der Waals surface area contributed by atoms with E-state index in [0.717, 1.165) is 5.56 Å². The average molecular weight is 208 g/mol. The monoisotopic (exact) mass is 208 g/mol. The van der Waals surface area contributed by atoms with Crippen molar-refractivity contribution in [2.24, 2.45) is 0 Å². The highest BCUT2D eigenvalue weighted by Crippen LogP contribution is 2.10. The summed E-state index contributed by atoms with van der Waals surface area (Å²) in [6.07, 6.45) is 0.443. The number of hydrogen-bond acceptors (Lipinski definition) is 2. The summed E-state index contributed by atoms with van der Waals surface area (Å²) in [4.78, 5) is 10.5. The number of benzene rings is 1. The number of carboxylic acid groups (broad SMARTS) is 1. The minimum atomic E-state index is -0.825. The van der Waals surface area contributed by atoms with Crippen molar-refractivity contribution in [1.29, 1.82) is 0 Å². The average Bonchev–Trinajstić information content (AvgIpc) is 2.19. The Kier molecular flexibility index (Phi) is 4.31. The number of aliphatic carboxylic acids is 1. The van der Waals surface area contributed by atoms with Crippen molar-refractivity contribution in [2.45, 2.75) is 25.9 Å². The van der Waals surface area contributed by atoms with Crippen molar-refractivity contribution in [1.82, 2.24) is 0 Å². The van der Waals surface area contributed by atoms with Gasteiger partial charge in [0.15, 0.2) is 0 Å². The molecule has 0 aliphatic heterocycles. The summed E-state index contributed by atoms with van der Waals surface area (Å²) < 4.78 is 5.11. The predicted molar refractivity (Wildman–Crippen MR) is 57.9 cm³/mol. The maximum atomic E-state index is 10.5. The Balaban J connectivity index is 2.58. The minimum absolute atomic E-state index is 0.0460. The number of carbonyl (C=O) groups is 1. The maximum absolute atomic E-state index is 10.5. The first-order valence-electron chi connectivity index (χ1n) is 4.92. The molecule has 1 unspecified atom stereocenters. The summed E-state index contributed by atoms with van der Waals surface area (Å²) >= 11 is 0. The van der Waals surface area contributed by atoms with Crippen LogP contribution < -0.4 is 0 Å². The largest absolute Gasteiger partial charge is 0.481 e. The van der Waals surface area contributed by atoms with E-state index < -0.39 is 5.97 Å². The molecular formula is C12H16O3. The van der Waals surface area contributed by atoms with E-state index in [1.807, 2.05) is 31.2 Å². The van der Waals surface area contributed by atoms with E-state index in [1.54, 1.807) is 7.11 Å². The smallest absolute Gasteiger partial charge is 0.305 e. The van der Waals surface area contributed by atoms with Crippen molar-refractivity contribution in [3.8, 4) is 0 Å². The minimum Gasteiger partial charge on any atom is -0.481 e. The van der Waals surface area contributed by atoms with Crippen molar-refractivity contribution in [3.05, 3.63) is 35.4 Å². The molecule has 0 radical (unpaired) electrons. The van der Waals surface area contributed by atoms with Gasteiger partial charge in [0, 0.05) is 7.11 Å². The fourth-order valence-electron chi connectivity index (χ4n) is 1.42. The molecule has 0 spiro atoms. The second-order valence-electron chi connectivity index (χ2n) is 3.65. The van der Waals surface area contributed by atoms with Crippen LogP contribution in [0.4, 0.5) is 0 Å². The summed E-state index contributed by atoms with van der Waals surface area (Å²) in [7, 11) is 1.54. The summed E-state index contributed by atoms with van der Waals surface area (Å²) in [6.45, 7) is 2.02. The molecule has 15 heavy (non-hydrogen) atoms. The molecule has 1 aromatic carbocycles. The van der Waals surface area contributed by atoms with Crippen LogP contribution in [0, 0.1) is 6.92 Å². The van der Waals surface area contributed by atoms with E-state index in [-0.39, 0.29) is 12.5 Å². The highest BCUT2D eigenvalue weighted by Gasteiger charge is 2.12. The van der Waals surface area contributed by atoms with Crippen LogP contribution in [-0.2, 0) is 16.0 Å². The van der Waals surface area contributed by atoms with Crippen LogP contribution >= 0.6 is 0 Å². The molecule has 0 saturated carbocycles. The summed E-state index contributed by atoms with van der Waals surface area (Å²) in [5.74, 6) is -0.825. The SMILES string of the molecule is COC(CC(=O)O)Cc1ccc(C)cc1. The molecule has 1 rings (SSSR count). The second kappa shape index (κ2) is 5.51. The third kappa shape index (κ3) is 4.13. The third-order valence-corrected chi connectivity index (χ3v) is 2.32. The first-order chi connectivity index (χ1) is 7.11. The van der Waals surface area contributed by atoms with Crippen LogP contribution in [0.5, 0.6) is 0 Å². The van der Waals surface area contributed by atoms with Gasteiger partial charge in [-0.3, -0.25) is 4.79 Å². The number of rotatable bonds is 5. The van der Waals surface area contributed by atoms with Gasteiger partial charge in [-0.15, -0.1) is 0 Å². The van der Waals surface area contributed by atoms with Gasteiger partial charge in [-0.25, -0.2) is 0 Å². The fraction of sp³-hybridized carbons (Fsp3) is 0.417. The van der Waals surface area contributed by atoms with Gasteiger partial charge >= 0.3 is 5.97 Å². The highest BCUT2D eigenvalue weighted by molar-refractivity contribution is 5.67. The number of aryl methyl sites for hydroxylation is 1. The van der Waals surface area contributed by atoms with E-state index in [1.165, 1.54) is 5.56 Å². The molecule has 3 nitrogen and oxygen atoms in total. The van der Waals surface area contributed by atoms with Crippen molar-refractivity contribution in [2.75, 3.05) is 7.11 Å². The zero-order valence-corrected chi connectivity index (χ0v) is 9.06. The van der Waals surface area contributed by atoms with Gasteiger partial charge in [0.1, 0.15) is 0 Å². The van der Waals surface area contributed by atoms with Gasteiger partial charge in [-0.2, -0.15) is 0 Å². The van der Waals surface area contributed by atoms with Crippen molar-refractivity contribution in [3.63, 3.8) is 0 Å². The molecule has 0 bridgehead atoms. The second-order valence-corrected chi connectivity index (χ2v) is 3.65. The van der Waals surface area contributed by atoms with Crippen LogP contribution in [0.25, 0.3) is 0 Å². The van der Waals surface area contributed by atoms with Gasteiger partial charge in [0.2, 0.25) is 0 Å². The standard InChI is InChI=1S/C12H16O3/c1-9-3-5-10(6-4-9)7-11(15-2)8-12(13)14/h3-6,11H,7-8H2,1-2H3,(H,13,14). The highest BCUT2D eigenvalue weighted by atomic mass is 16.5. The Morgan fingerprint density at radius 2 is 2.00 bits per heavy atom. The van der Waals surface area contributed by atoms with Crippen LogP contribution in [0.3, 0.4) is 0 Å². The Hall–Kier alpha value is -1.35. The molecule has 0 aliphatic rings. The van der Waals surface area contributed by atoms with Crippen molar-refractivity contribution >= 4 is 5.97 Å². The molecule has 0 heterocycles.